The van der Waals surface area contributed by atoms with E-state index in [0.717, 1.165) is 38.5 Å². The van der Waals surface area contributed by atoms with Crippen LogP contribution < -0.4 is 0 Å². The van der Waals surface area contributed by atoms with Crippen molar-refractivity contribution in [1.29, 1.82) is 0 Å². The van der Waals surface area contributed by atoms with E-state index in [1.807, 2.05) is 0 Å². The number of rotatable bonds is 13. The fourth-order valence-electron chi connectivity index (χ4n) is 1.59. The zero-order valence-electron chi connectivity index (χ0n) is 12.5. The molecule has 0 aliphatic carbocycles. The molecule has 3 nitrogen and oxygen atoms in total. The molecule has 4 heteroatoms. The first-order valence-electron chi connectivity index (χ1n) is 7.56. The van der Waals surface area contributed by atoms with Gasteiger partial charge in [0, 0.05) is 0 Å². The van der Waals surface area contributed by atoms with Crippen LogP contribution in [0.4, 0.5) is 0 Å². The van der Waals surface area contributed by atoms with Crippen LogP contribution in [0.25, 0.3) is 0 Å². The van der Waals surface area contributed by atoms with Crippen LogP contribution in [0.3, 0.4) is 0 Å². The van der Waals surface area contributed by atoms with E-state index in [1.165, 1.54) is 12.8 Å². The third-order valence-corrected chi connectivity index (χ3v) is 4.87. The molecule has 0 spiro atoms. The Bertz CT molecular complexity index is 205. The van der Waals surface area contributed by atoms with Crippen molar-refractivity contribution in [2.24, 2.45) is 0 Å². The normalized spacial score (nSPS) is 11.9. The fraction of sp³-hybridized carbons (Fsp3) is 1.00. The molecular weight excluding hydrogens is 247 g/mol. The minimum Gasteiger partial charge on any atom is -0.309 e. The van der Waals surface area contributed by atoms with Gasteiger partial charge in [-0.1, -0.05) is 52.9 Å². The fourth-order valence-corrected chi connectivity index (χ4v) is 3.35. The Hall–Kier alpha value is 0.150. The summed E-state index contributed by atoms with van der Waals surface area (Å²) in [6.07, 6.45) is 9.07. The summed E-state index contributed by atoms with van der Waals surface area (Å²) in [6.45, 7) is 7.51. The van der Waals surface area contributed by atoms with Gasteiger partial charge in [0.15, 0.2) is 0 Å². The monoisotopic (exact) mass is 278 g/mol. The van der Waals surface area contributed by atoms with Crippen LogP contribution in [-0.4, -0.2) is 19.4 Å². The molecule has 0 aromatic rings. The maximum Gasteiger partial charge on any atom is 0.330 e. The molecule has 0 N–H and O–H groups in total. The highest BCUT2D eigenvalue weighted by molar-refractivity contribution is 7.53. The van der Waals surface area contributed by atoms with E-state index in [1.54, 1.807) is 0 Å². The summed E-state index contributed by atoms with van der Waals surface area (Å²) in [5.74, 6) is 0. The minimum atomic E-state index is -2.82. The van der Waals surface area contributed by atoms with Crippen molar-refractivity contribution in [3.63, 3.8) is 0 Å². The number of hydrogen-bond donors (Lipinski definition) is 0. The Balaban J connectivity index is 3.99. The Morgan fingerprint density at radius 2 is 1.22 bits per heavy atom. The molecular formula is C14H31O3P. The van der Waals surface area contributed by atoms with Gasteiger partial charge in [0.2, 0.25) is 0 Å². The molecule has 0 rings (SSSR count). The van der Waals surface area contributed by atoms with E-state index in [2.05, 4.69) is 20.8 Å². The van der Waals surface area contributed by atoms with Gasteiger partial charge >= 0.3 is 7.60 Å². The van der Waals surface area contributed by atoms with Gasteiger partial charge in [-0.05, 0) is 19.3 Å². The van der Waals surface area contributed by atoms with Crippen molar-refractivity contribution in [2.45, 2.75) is 72.1 Å². The first-order valence-corrected chi connectivity index (χ1v) is 9.29. The van der Waals surface area contributed by atoms with Crippen LogP contribution in [0, 0.1) is 0 Å². The van der Waals surface area contributed by atoms with Crippen LogP contribution >= 0.6 is 7.60 Å². The lowest BCUT2D eigenvalue weighted by molar-refractivity contribution is 0.199. The lowest BCUT2D eigenvalue weighted by atomic mass is 10.2. The van der Waals surface area contributed by atoms with Crippen molar-refractivity contribution in [2.75, 3.05) is 19.4 Å². The molecule has 0 aliphatic rings. The highest BCUT2D eigenvalue weighted by Crippen LogP contribution is 2.49. The van der Waals surface area contributed by atoms with E-state index in [0.29, 0.717) is 19.4 Å². The standard InChI is InChI=1S/C14H31O3P/c1-4-7-10-11-14-18(15,16-12-8-5-2)17-13-9-6-3/h4-14H2,1-3H3. The second kappa shape index (κ2) is 12.2. The van der Waals surface area contributed by atoms with Crippen molar-refractivity contribution in [3.05, 3.63) is 0 Å². The highest BCUT2D eigenvalue weighted by Gasteiger charge is 2.23. The van der Waals surface area contributed by atoms with Gasteiger partial charge in [0.1, 0.15) is 0 Å². The summed E-state index contributed by atoms with van der Waals surface area (Å²) in [5.41, 5.74) is 0. The molecule has 0 aliphatic heterocycles. The Morgan fingerprint density at radius 1 is 0.722 bits per heavy atom. The summed E-state index contributed by atoms with van der Waals surface area (Å²) >= 11 is 0. The lowest BCUT2D eigenvalue weighted by Crippen LogP contribution is -2.03. The van der Waals surface area contributed by atoms with E-state index in [9.17, 15) is 4.57 Å². The molecule has 0 atom stereocenters. The molecule has 110 valence electrons. The second-order valence-electron chi connectivity index (χ2n) is 4.77. The quantitative estimate of drug-likeness (QED) is 0.334. The zero-order chi connectivity index (χ0) is 13.7. The molecule has 0 aromatic heterocycles. The summed E-state index contributed by atoms with van der Waals surface area (Å²) in [5, 5.41) is 0. The molecule has 0 fully saturated rings. The molecule has 0 bridgehead atoms. The van der Waals surface area contributed by atoms with Crippen LogP contribution in [0.5, 0.6) is 0 Å². The summed E-state index contributed by atoms with van der Waals surface area (Å²) < 4.78 is 23.5. The van der Waals surface area contributed by atoms with Gasteiger partial charge in [0.25, 0.3) is 0 Å². The zero-order valence-corrected chi connectivity index (χ0v) is 13.3. The topological polar surface area (TPSA) is 35.5 Å². The third-order valence-electron chi connectivity index (χ3n) is 2.86. The highest BCUT2D eigenvalue weighted by atomic mass is 31.2. The van der Waals surface area contributed by atoms with Gasteiger partial charge < -0.3 is 9.05 Å². The molecule has 18 heavy (non-hydrogen) atoms. The van der Waals surface area contributed by atoms with Crippen molar-refractivity contribution in [1.82, 2.24) is 0 Å². The van der Waals surface area contributed by atoms with Crippen LogP contribution in [-0.2, 0) is 13.6 Å². The van der Waals surface area contributed by atoms with Crippen molar-refractivity contribution < 1.29 is 13.6 Å². The molecule has 0 radical (unpaired) electrons. The molecule has 0 saturated heterocycles. The second-order valence-corrected chi connectivity index (χ2v) is 6.95. The first kappa shape index (κ1) is 18.1. The summed E-state index contributed by atoms with van der Waals surface area (Å²) in [4.78, 5) is 0. The third kappa shape index (κ3) is 10.1. The van der Waals surface area contributed by atoms with Crippen LogP contribution in [0.2, 0.25) is 0 Å². The Labute approximate surface area is 113 Å². The van der Waals surface area contributed by atoms with E-state index >= 15 is 0 Å². The number of unbranched alkanes of at least 4 members (excludes halogenated alkanes) is 5. The van der Waals surface area contributed by atoms with E-state index in [-0.39, 0.29) is 0 Å². The minimum absolute atomic E-state index is 0.563. The molecule has 0 heterocycles. The molecule has 0 aromatic carbocycles. The molecule has 0 unspecified atom stereocenters. The van der Waals surface area contributed by atoms with Gasteiger partial charge in [-0.15, -0.1) is 0 Å². The average Bonchev–Trinajstić information content (AvgIpc) is 2.36. The van der Waals surface area contributed by atoms with Gasteiger partial charge in [0.05, 0.1) is 19.4 Å². The Morgan fingerprint density at radius 3 is 1.67 bits per heavy atom. The average molecular weight is 278 g/mol. The first-order chi connectivity index (χ1) is 8.68. The Kier molecular flexibility index (Phi) is 12.3. The summed E-state index contributed by atoms with van der Waals surface area (Å²) in [7, 11) is -2.82. The summed E-state index contributed by atoms with van der Waals surface area (Å²) in [6, 6.07) is 0. The molecule has 0 amide bonds. The van der Waals surface area contributed by atoms with E-state index < -0.39 is 7.60 Å². The largest absolute Gasteiger partial charge is 0.330 e. The smallest absolute Gasteiger partial charge is 0.309 e. The van der Waals surface area contributed by atoms with Crippen molar-refractivity contribution in [3.8, 4) is 0 Å². The number of hydrogen-bond acceptors (Lipinski definition) is 3. The molecule has 0 saturated carbocycles. The predicted molar refractivity (Wildman–Crippen MR) is 78.3 cm³/mol. The van der Waals surface area contributed by atoms with Gasteiger partial charge in [-0.2, -0.15) is 0 Å². The van der Waals surface area contributed by atoms with E-state index in [4.69, 9.17) is 9.05 Å². The van der Waals surface area contributed by atoms with Crippen molar-refractivity contribution >= 4 is 7.60 Å². The predicted octanol–water partition coefficient (Wildman–Crippen LogP) is 5.39. The lowest BCUT2D eigenvalue weighted by Gasteiger charge is -2.18. The van der Waals surface area contributed by atoms with Crippen LogP contribution in [0.15, 0.2) is 0 Å². The van der Waals surface area contributed by atoms with Gasteiger partial charge in [-0.25, -0.2) is 0 Å². The van der Waals surface area contributed by atoms with Crippen LogP contribution in [0.1, 0.15) is 72.1 Å². The maximum atomic E-state index is 12.5. The SMILES string of the molecule is CCCCCCP(=O)(OCCCC)OCCCC. The maximum absolute atomic E-state index is 12.5. The van der Waals surface area contributed by atoms with Gasteiger partial charge in [-0.3, -0.25) is 4.57 Å².